The number of amides is 2. The summed E-state index contributed by atoms with van der Waals surface area (Å²) >= 11 is 0. The third-order valence-electron chi connectivity index (χ3n) is 5.18. The van der Waals surface area contributed by atoms with Crippen LogP contribution in [0.3, 0.4) is 0 Å². The SMILES string of the molecule is Cc1ccc(C2C(C(=O)NCC(C)c3ccc(F)cc3)OCC(=O)N2C)cc1. The van der Waals surface area contributed by atoms with Crippen molar-refractivity contribution in [3.8, 4) is 0 Å². The fraction of sp³-hybridized carbons (Fsp3) is 0.364. The van der Waals surface area contributed by atoms with Crippen molar-refractivity contribution >= 4 is 11.8 Å². The van der Waals surface area contributed by atoms with Crippen LogP contribution in [-0.4, -0.2) is 43.0 Å². The highest BCUT2D eigenvalue weighted by Crippen LogP contribution is 2.29. The van der Waals surface area contributed by atoms with Crippen molar-refractivity contribution in [1.82, 2.24) is 10.2 Å². The maximum absolute atomic E-state index is 13.1. The van der Waals surface area contributed by atoms with Gasteiger partial charge in [-0.2, -0.15) is 0 Å². The molecule has 2 amide bonds. The lowest BCUT2D eigenvalue weighted by Gasteiger charge is -2.38. The van der Waals surface area contributed by atoms with Gasteiger partial charge in [0.25, 0.3) is 5.91 Å². The highest BCUT2D eigenvalue weighted by molar-refractivity contribution is 5.86. The van der Waals surface area contributed by atoms with Gasteiger partial charge < -0.3 is 15.0 Å². The third-order valence-corrected chi connectivity index (χ3v) is 5.18. The molecule has 0 radical (unpaired) electrons. The van der Waals surface area contributed by atoms with Crippen LogP contribution in [0.1, 0.15) is 35.6 Å². The Kier molecular flexibility index (Phi) is 6.09. The van der Waals surface area contributed by atoms with Crippen LogP contribution in [0.4, 0.5) is 4.39 Å². The van der Waals surface area contributed by atoms with Crippen LogP contribution < -0.4 is 5.32 Å². The fourth-order valence-electron chi connectivity index (χ4n) is 3.36. The van der Waals surface area contributed by atoms with Crippen molar-refractivity contribution in [2.45, 2.75) is 31.9 Å². The Morgan fingerprint density at radius 1 is 1.21 bits per heavy atom. The molecular weight excluding hydrogens is 359 g/mol. The van der Waals surface area contributed by atoms with Crippen LogP contribution in [0.15, 0.2) is 48.5 Å². The van der Waals surface area contributed by atoms with Gasteiger partial charge in [0, 0.05) is 13.6 Å². The molecule has 1 N–H and O–H groups in total. The van der Waals surface area contributed by atoms with Crippen LogP contribution in [0.25, 0.3) is 0 Å². The topological polar surface area (TPSA) is 58.6 Å². The van der Waals surface area contributed by atoms with Crippen LogP contribution >= 0.6 is 0 Å². The van der Waals surface area contributed by atoms with Crippen molar-refractivity contribution in [1.29, 1.82) is 0 Å². The first kappa shape index (κ1) is 20.0. The molecule has 6 heteroatoms. The fourth-order valence-corrected chi connectivity index (χ4v) is 3.36. The minimum Gasteiger partial charge on any atom is -0.356 e. The van der Waals surface area contributed by atoms with Crippen molar-refractivity contribution in [2.24, 2.45) is 0 Å². The van der Waals surface area contributed by atoms with Gasteiger partial charge in [-0.25, -0.2) is 4.39 Å². The molecule has 2 aromatic carbocycles. The zero-order valence-corrected chi connectivity index (χ0v) is 16.3. The third kappa shape index (κ3) is 4.39. The minimum absolute atomic E-state index is 0.0188. The van der Waals surface area contributed by atoms with Crippen LogP contribution in [0.2, 0.25) is 0 Å². The number of rotatable bonds is 5. The molecule has 0 saturated carbocycles. The van der Waals surface area contributed by atoms with Crippen LogP contribution in [0, 0.1) is 12.7 Å². The Bertz CT molecular complexity index is 836. The molecule has 1 aliphatic heterocycles. The highest BCUT2D eigenvalue weighted by Gasteiger charge is 2.40. The summed E-state index contributed by atoms with van der Waals surface area (Å²) in [6.45, 7) is 4.21. The van der Waals surface area contributed by atoms with E-state index >= 15 is 0 Å². The number of nitrogens with zero attached hydrogens (tertiary/aromatic N) is 1. The summed E-state index contributed by atoms with van der Waals surface area (Å²) in [6.07, 6.45) is -0.786. The Morgan fingerprint density at radius 2 is 1.86 bits per heavy atom. The van der Waals surface area contributed by atoms with E-state index < -0.39 is 12.1 Å². The summed E-state index contributed by atoms with van der Waals surface area (Å²) in [6, 6.07) is 13.5. The average molecular weight is 384 g/mol. The number of halogens is 1. The minimum atomic E-state index is -0.786. The van der Waals surface area contributed by atoms with Crippen molar-refractivity contribution in [2.75, 3.05) is 20.2 Å². The summed E-state index contributed by atoms with van der Waals surface area (Å²) in [5.74, 6) is -0.692. The molecule has 2 aromatic rings. The Labute approximate surface area is 164 Å². The first-order valence-electron chi connectivity index (χ1n) is 9.34. The molecule has 5 nitrogen and oxygen atoms in total. The Hall–Kier alpha value is -2.73. The Balaban J connectivity index is 1.71. The predicted molar refractivity (Wildman–Crippen MR) is 104 cm³/mol. The summed E-state index contributed by atoms with van der Waals surface area (Å²) in [5.41, 5.74) is 2.89. The van der Waals surface area contributed by atoms with E-state index in [9.17, 15) is 14.0 Å². The lowest BCUT2D eigenvalue weighted by atomic mass is 9.96. The molecule has 1 fully saturated rings. The van der Waals surface area contributed by atoms with E-state index in [0.29, 0.717) is 6.54 Å². The monoisotopic (exact) mass is 384 g/mol. The van der Waals surface area contributed by atoms with E-state index in [-0.39, 0.29) is 30.2 Å². The molecule has 1 aliphatic rings. The van der Waals surface area contributed by atoms with E-state index in [2.05, 4.69) is 5.32 Å². The van der Waals surface area contributed by atoms with E-state index in [0.717, 1.165) is 16.7 Å². The molecule has 3 unspecified atom stereocenters. The lowest BCUT2D eigenvalue weighted by molar-refractivity contribution is -0.162. The van der Waals surface area contributed by atoms with Crippen LogP contribution in [0.5, 0.6) is 0 Å². The molecule has 1 heterocycles. The number of carbonyl (C=O) groups is 2. The zero-order valence-electron chi connectivity index (χ0n) is 16.3. The largest absolute Gasteiger partial charge is 0.356 e. The maximum Gasteiger partial charge on any atom is 0.251 e. The van der Waals surface area contributed by atoms with Gasteiger partial charge >= 0.3 is 0 Å². The second-order valence-corrected chi connectivity index (χ2v) is 7.29. The van der Waals surface area contributed by atoms with Gasteiger partial charge in [0.15, 0.2) is 6.10 Å². The highest BCUT2D eigenvalue weighted by atomic mass is 19.1. The predicted octanol–water partition coefficient (Wildman–Crippen LogP) is 2.95. The van der Waals surface area contributed by atoms with Crippen LogP contribution in [-0.2, 0) is 14.3 Å². The first-order valence-corrected chi connectivity index (χ1v) is 9.34. The summed E-state index contributed by atoms with van der Waals surface area (Å²) in [5, 5.41) is 2.92. The summed E-state index contributed by atoms with van der Waals surface area (Å²) in [4.78, 5) is 26.6. The maximum atomic E-state index is 13.1. The molecule has 3 atom stereocenters. The Morgan fingerprint density at radius 3 is 2.50 bits per heavy atom. The van der Waals surface area contributed by atoms with E-state index in [1.54, 1.807) is 24.1 Å². The molecule has 0 aromatic heterocycles. The van der Waals surface area contributed by atoms with E-state index in [1.165, 1.54) is 12.1 Å². The molecule has 0 aliphatic carbocycles. The second kappa shape index (κ2) is 8.52. The van der Waals surface area contributed by atoms with E-state index in [1.807, 2.05) is 38.1 Å². The number of benzene rings is 2. The molecule has 3 rings (SSSR count). The molecular formula is C22H25FN2O3. The van der Waals surface area contributed by atoms with Crippen molar-refractivity contribution < 1.29 is 18.7 Å². The number of likely N-dealkylation sites (N-methyl/N-ethyl adjacent to an activating group) is 1. The standard InChI is InChI=1S/C22H25FN2O3/c1-14-4-6-17(7-5-14)20-21(28-13-19(26)25(20)3)22(27)24-12-15(2)16-8-10-18(23)11-9-16/h4-11,15,20-21H,12-13H2,1-3H3,(H,24,27). The number of nitrogens with one attached hydrogen (secondary N) is 1. The molecule has 0 bridgehead atoms. The second-order valence-electron chi connectivity index (χ2n) is 7.29. The summed E-state index contributed by atoms with van der Waals surface area (Å²) < 4.78 is 18.7. The number of carbonyl (C=O) groups excluding carboxylic acids is 2. The average Bonchev–Trinajstić information content (AvgIpc) is 2.69. The zero-order chi connectivity index (χ0) is 20.3. The van der Waals surface area contributed by atoms with E-state index in [4.69, 9.17) is 4.74 Å². The normalized spacial score (nSPS) is 20.7. The number of hydrogen-bond acceptors (Lipinski definition) is 3. The molecule has 28 heavy (non-hydrogen) atoms. The smallest absolute Gasteiger partial charge is 0.251 e. The molecule has 148 valence electrons. The number of morpholine rings is 1. The van der Waals surface area contributed by atoms with Gasteiger partial charge in [0.05, 0.1) is 6.04 Å². The lowest BCUT2D eigenvalue weighted by Crippen LogP contribution is -2.53. The van der Waals surface area contributed by atoms with Gasteiger partial charge in [-0.15, -0.1) is 0 Å². The quantitative estimate of drug-likeness (QED) is 0.862. The van der Waals surface area contributed by atoms with Crippen molar-refractivity contribution in [3.63, 3.8) is 0 Å². The molecule has 1 saturated heterocycles. The van der Waals surface area contributed by atoms with Gasteiger partial charge in [0.1, 0.15) is 12.4 Å². The van der Waals surface area contributed by atoms with Gasteiger partial charge in [-0.3, -0.25) is 9.59 Å². The van der Waals surface area contributed by atoms with Gasteiger partial charge in [-0.1, -0.05) is 48.9 Å². The van der Waals surface area contributed by atoms with Crippen molar-refractivity contribution in [3.05, 3.63) is 71.0 Å². The summed E-state index contributed by atoms with van der Waals surface area (Å²) in [7, 11) is 1.69. The first-order chi connectivity index (χ1) is 13.4. The number of aryl methyl sites for hydroxylation is 1. The molecule has 0 spiro atoms. The number of hydrogen-bond donors (Lipinski definition) is 1. The number of ether oxygens (including phenoxy) is 1. The van der Waals surface area contributed by atoms with Gasteiger partial charge in [-0.05, 0) is 36.1 Å². The van der Waals surface area contributed by atoms with Gasteiger partial charge in [0.2, 0.25) is 5.91 Å².